The van der Waals surface area contributed by atoms with E-state index in [1.54, 1.807) is 32.4 Å². The van der Waals surface area contributed by atoms with Crippen molar-refractivity contribution >= 4 is 44.9 Å². The van der Waals surface area contributed by atoms with Gasteiger partial charge >= 0.3 is 0 Å². The Balaban J connectivity index is 1.38. The first-order chi connectivity index (χ1) is 15.2. The Labute approximate surface area is 189 Å². The van der Waals surface area contributed by atoms with E-state index in [0.717, 1.165) is 28.5 Å². The number of amides is 1. The highest BCUT2D eigenvalue weighted by Gasteiger charge is 2.29. The van der Waals surface area contributed by atoms with Crippen LogP contribution in [0, 0.1) is 0 Å². The van der Waals surface area contributed by atoms with Gasteiger partial charge in [0.1, 0.15) is 27.2 Å². The summed E-state index contributed by atoms with van der Waals surface area (Å²) in [7, 11) is 3.18. The van der Waals surface area contributed by atoms with Gasteiger partial charge in [-0.15, -0.1) is 11.3 Å². The maximum absolute atomic E-state index is 12.7. The molecule has 2 aliphatic carbocycles. The van der Waals surface area contributed by atoms with Crippen molar-refractivity contribution in [3.63, 3.8) is 0 Å². The van der Waals surface area contributed by atoms with Gasteiger partial charge in [0.2, 0.25) is 5.91 Å². The summed E-state index contributed by atoms with van der Waals surface area (Å²) < 4.78 is 10.6. The molecule has 1 aromatic carbocycles. The summed E-state index contributed by atoms with van der Waals surface area (Å²) in [4.78, 5) is 25.1. The maximum Gasteiger partial charge on any atom is 0.234 e. The van der Waals surface area contributed by atoms with E-state index in [9.17, 15) is 4.79 Å². The minimum Gasteiger partial charge on any atom is -0.497 e. The van der Waals surface area contributed by atoms with Crippen molar-refractivity contribution < 1.29 is 14.3 Å². The summed E-state index contributed by atoms with van der Waals surface area (Å²) in [5.74, 6) is 2.90. The number of anilines is 1. The quantitative estimate of drug-likeness (QED) is 0.390. The second-order valence-corrected chi connectivity index (χ2v) is 10.0. The third-order valence-corrected chi connectivity index (χ3v) is 7.93. The van der Waals surface area contributed by atoms with E-state index in [-0.39, 0.29) is 11.7 Å². The van der Waals surface area contributed by atoms with Crippen molar-refractivity contribution in [1.82, 2.24) is 9.97 Å². The van der Waals surface area contributed by atoms with Crippen LogP contribution in [-0.4, -0.2) is 35.8 Å². The van der Waals surface area contributed by atoms with Gasteiger partial charge in [-0.3, -0.25) is 4.79 Å². The molecule has 1 N–H and O–H groups in total. The van der Waals surface area contributed by atoms with E-state index in [0.29, 0.717) is 23.1 Å². The maximum atomic E-state index is 12.7. The minimum atomic E-state index is -0.0858. The first-order valence-corrected chi connectivity index (χ1v) is 12.4. The van der Waals surface area contributed by atoms with Crippen molar-refractivity contribution in [3.05, 3.63) is 34.5 Å². The molecule has 5 rings (SSSR count). The van der Waals surface area contributed by atoms with Crippen LogP contribution in [0.5, 0.6) is 11.5 Å². The van der Waals surface area contributed by atoms with Gasteiger partial charge in [0.05, 0.1) is 25.7 Å². The molecule has 0 unspecified atom stereocenters. The molecule has 3 aromatic rings. The van der Waals surface area contributed by atoms with Crippen molar-refractivity contribution in [2.75, 3.05) is 25.3 Å². The second kappa shape index (κ2) is 8.67. The largest absolute Gasteiger partial charge is 0.497 e. The van der Waals surface area contributed by atoms with E-state index < -0.39 is 0 Å². The third kappa shape index (κ3) is 4.23. The van der Waals surface area contributed by atoms with Crippen molar-refractivity contribution in [1.29, 1.82) is 0 Å². The average molecular weight is 456 g/mol. The number of hydrogen-bond acceptors (Lipinski definition) is 7. The number of benzene rings is 1. The molecule has 2 aliphatic rings. The zero-order valence-electron chi connectivity index (χ0n) is 17.7. The summed E-state index contributed by atoms with van der Waals surface area (Å²) in [6.45, 7) is 0. The van der Waals surface area contributed by atoms with E-state index >= 15 is 0 Å². The Morgan fingerprint density at radius 1 is 1.19 bits per heavy atom. The summed E-state index contributed by atoms with van der Waals surface area (Å²) >= 11 is 3.34. The molecule has 0 aliphatic heterocycles. The van der Waals surface area contributed by atoms with Crippen LogP contribution in [0.4, 0.5) is 5.69 Å². The van der Waals surface area contributed by atoms with Crippen LogP contribution >= 0.6 is 23.1 Å². The van der Waals surface area contributed by atoms with Gasteiger partial charge in [-0.2, -0.15) is 0 Å². The number of carbonyl (C=O) groups is 1. The number of thiophene rings is 1. The highest BCUT2D eigenvalue weighted by molar-refractivity contribution is 8.00. The van der Waals surface area contributed by atoms with E-state index in [4.69, 9.17) is 19.4 Å². The van der Waals surface area contributed by atoms with Crippen LogP contribution in [-0.2, 0) is 17.6 Å². The fourth-order valence-electron chi connectivity index (χ4n) is 3.99. The molecule has 1 saturated carbocycles. The van der Waals surface area contributed by atoms with Gasteiger partial charge in [0.15, 0.2) is 0 Å². The Morgan fingerprint density at radius 3 is 2.81 bits per heavy atom. The third-order valence-electron chi connectivity index (χ3n) is 5.76. The van der Waals surface area contributed by atoms with Crippen LogP contribution in [0.1, 0.15) is 47.9 Å². The predicted molar refractivity (Wildman–Crippen MR) is 125 cm³/mol. The van der Waals surface area contributed by atoms with E-state index in [1.807, 2.05) is 11.3 Å². The number of rotatable bonds is 7. The number of ether oxygens (including phenoxy) is 2. The van der Waals surface area contributed by atoms with Crippen LogP contribution < -0.4 is 14.8 Å². The number of aryl methyl sites for hydroxylation is 2. The van der Waals surface area contributed by atoms with Gasteiger partial charge in [0, 0.05) is 22.2 Å². The molecule has 31 heavy (non-hydrogen) atoms. The molecule has 1 amide bonds. The van der Waals surface area contributed by atoms with Crippen molar-refractivity contribution in [2.24, 2.45) is 0 Å². The Hall–Kier alpha value is -2.32. The highest BCUT2D eigenvalue weighted by atomic mass is 32.2. The zero-order valence-corrected chi connectivity index (χ0v) is 19.3. The van der Waals surface area contributed by atoms with Gasteiger partial charge in [0.25, 0.3) is 0 Å². The smallest absolute Gasteiger partial charge is 0.234 e. The SMILES string of the molecule is COc1ccc(NC(=O)CSc2nc(C3CC3)nc3sc4c(c23)CCCC4)c(OC)c1. The summed E-state index contributed by atoms with van der Waals surface area (Å²) in [5.41, 5.74) is 2.04. The number of nitrogens with zero attached hydrogens (tertiary/aromatic N) is 2. The molecule has 0 spiro atoms. The highest BCUT2D eigenvalue weighted by Crippen LogP contribution is 2.44. The molecule has 2 heterocycles. The summed E-state index contributed by atoms with van der Waals surface area (Å²) in [5, 5.41) is 5.10. The molecule has 162 valence electrons. The van der Waals surface area contributed by atoms with Gasteiger partial charge in [-0.1, -0.05) is 11.8 Å². The lowest BCUT2D eigenvalue weighted by Crippen LogP contribution is -2.15. The number of hydrogen-bond donors (Lipinski definition) is 1. The van der Waals surface area contributed by atoms with Crippen LogP contribution in [0.15, 0.2) is 23.2 Å². The van der Waals surface area contributed by atoms with Gasteiger partial charge in [-0.05, 0) is 56.2 Å². The zero-order chi connectivity index (χ0) is 21.4. The molecule has 1 fully saturated rings. The molecule has 0 radical (unpaired) electrons. The molecular weight excluding hydrogens is 430 g/mol. The Kier molecular flexibility index (Phi) is 5.75. The molecule has 8 heteroatoms. The standard InChI is InChI=1S/C23H25N3O3S2/c1-28-14-9-10-16(17(11-14)29-2)24-19(27)12-30-22-20-15-5-3-4-6-18(15)31-23(20)26-21(25-22)13-7-8-13/h9-11,13H,3-8,12H2,1-2H3,(H,24,27). The normalized spacial score (nSPS) is 15.5. The number of thioether (sulfide) groups is 1. The fraction of sp³-hybridized carbons (Fsp3) is 0.435. The summed E-state index contributed by atoms with van der Waals surface area (Å²) in [6.07, 6.45) is 7.01. The lowest BCUT2D eigenvalue weighted by Gasteiger charge is -2.13. The Morgan fingerprint density at radius 2 is 2.03 bits per heavy atom. The average Bonchev–Trinajstić information content (AvgIpc) is 3.58. The van der Waals surface area contributed by atoms with E-state index in [1.165, 1.54) is 53.3 Å². The fourth-order valence-corrected chi connectivity index (χ4v) is 6.19. The first-order valence-electron chi connectivity index (χ1n) is 10.6. The van der Waals surface area contributed by atoms with Crippen molar-refractivity contribution in [3.8, 4) is 11.5 Å². The first kappa shape index (κ1) is 20.6. The molecular formula is C23H25N3O3S2. The van der Waals surface area contributed by atoms with Gasteiger partial charge in [-0.25, -0.2) is 9.97 Å². The molecule has 0 bridgehead atoms. The molecule has 2 aromatic heterocycles. The number of nitrogens with one attached hydrogen (secondary N) is 1. The number of methoxy groups -OCH3 is 2. The van der Waals surface area contributed by atoms with Gasteiger partial charge < -0.3 is 14.8 Å². The lowest BCUT2D eigenvalue weighted by atomic mass is 9.97. The van der Waals surface area contributed by atoms with Crippen molar-refractivity contribution in [2.45, 2.75) is 49.5 Å². The number of aromatic nitrogens is 2. The minimum absolute atomic E-state index is 0.0858. The number of fused-ring (bicyclic) bond motifs is 3. The molecule has 0 saturated heterocycles. The molecule has 6 nitrogen and oxygen atoms in total. The molecule has 0 atom stereocenters. The van der Waals surface area contributed by atoms with Crippen LogP contribution in [0.25, 0.3) is 10.2 Å². The number of carbonyl (C=O) groups excluding carboxylic acids is 1. The van der Waals surface area contributed by atoms with Crippen LogP contribution in [0.2, 0.25) is 0 Å². The van der Waals surface area contributed by atoms with E-state index in [2.05, 4.69) is 5.32 Å². The van der Waals surface area contributed by atoms with Crippen LogP contribution in [0.3, 0.4) is 0 Å². The predicted octanol–water partition coefficient (Wildman–Crippen LogP) is 5.20. The second-order valence-electron chi connectivity index (χ2n) is 7.96. The topological polar surface area (TPSA) is 73.3 Å². The lowest BCUT2D eigenvalue weighted by molar-refractivity contribution is -0.113. The summed E-state index contributed by atoms with van der Waals surface area (Å²) in [6, 6.07) is 5.36. The monoisotopic (exact) mass is 455 g/mol. The Bertz CT molecular complexity index is 1140.